The van der Waals surface area contributed by atoms with Gasteiger partial charge in [-0.3, -0.25) is 14.5 Å². The van der Waals surface area contributed by atoms with Crippen LogP contribution >= 0.6 is 0 Å². The van der Waals surface area contributed by atoms with Crippen molar-refractivity contribution in [3.63, 3.8) is 0 Å². The molecule has 1 aliphatic rings. The van der Waals surface area contributed by atoms with Crippen LogP contribution in [0.4, 0.5) is 4.39 Å². The minimum atomic E-state index is -1.43. The SMILES string of the molecule is CC(F)Oc1cccc(-c2nn(C(C)C)c3cc(C(=O)NC4(C(C)(C)O)CCOCC4)cnc23)c1. The maximum atomic E-state index is 13.4. The Labute approximate surface area is 204 Å². The average Bonchev–Trinajstić information content (AvgIpc) is 3.18. The summed E-state index contributed by atoms with van der Waals surface area (Å²) in [6.07, 6.45) is 1.12. The van der Waals surface area contributed by atoms with Crippen molar-refractivity contribution in [3.8, 4) is 17.0 Å². The van der Waals surface area contributed by atoms with Crippen LogP contribution in [0.15, 0.2) is 36.5 Å². The van der Waals surface area contributed by atoms with Crippen LogP contribution in [-0.4, -0.2) is 56.5 Å². The predicted molar refractivity (Wildman–Crippen MR) is 131 cm³/mol. The van der Waals surface area contributed by atoms with Gasteiger partial charge in [0.25, 0.3) is 5.91 Å². The van der Waals surface area contributed by atoms with E-state index in [4.69, 9.17) is 14.6 Å². The second-order valence-electron chi connectivity index (χ2n) is 9.87. The first-order valence-electron chi connectivity index (χ1n) is 11.9. The Morgan fingerprint density at radius 2 is 1.97 bits per heavy atom. The van der Waals surface area contributed by atoms with Gasteiger partial charge in [0.05, 0.1) is 22.2 Å². The van der Waals surface area contributed by atoms with Crippen LogP contribution in [0, 0.1) is 0 Å². The van der Waals surface area contributed by atoms with Crippen molar-refractivity contribution in [1.29, 1.82) is 0 Å². The van der Waals surface area contributed by atoms with E-state index in [1.807, 2.05) is 24.6 Å². The van der Waals surface area contributed by atoms with Crippen LogP contribution in [0.25, 0.3) is 22.3 Å². The van der Waals surface area contributed by atoms with E-state index in [-0.39, 0.29) is 11.9 Å². The second kappa shape index (κ2) is 9.54. The summed E-state index contributed by atoms with van der Waals surface area (Å²) in [5.41, 5.74) is 1.15. The summed E-state index contributed by atoms with van der Waals surface area (Å²) in [6, 6.07) is 8.83. The van der Waals surface area contributed by atoms with E-state index in [9.17, 15) is 14.3 Å². The molecule has 9 heteroatoms. The largest absolute Gasteiger partial charge is 0.461 e. The lowest BCUT2D eigenvalue weighted by Crippen LogP contribution is -2.64. The van der Waals surface area contributed by atoms with Gasteiger partial charge in [-0.15, -0.1) is 0 Å². The van der Waals surface area contributed by atoms with E-state index in [2.05, 4.69) is 10.3 Å². The summed E-state index contributed by atoms with van der Waals surface area (Å²) in [6.45, 7) is 9.68. The van der Waals surface area contributed by atoms with Crippen LogP contribution < -0.4 is 10.1 Å². The number of nitrogens with one attached hydrogen (secondary N) is 1. The molecule has 0 bridgehead atoms. The number of benzene rings is 1. The molecule has 0 aliphatic carbocycles. The summed E-state index contributed by atoms with van der Waals surface area (Å²) in [7, 11) is 0. The fraction of sp³-hybridized carbons (Fsp3) is 0.500. The lowest BCUT2D eigenvalue weighted by atomic mass is 9.76. The third-order valence-corrected chi connectivity index (χ3v) is 6.57. The van der Waals surface area contributed by atoms with E-state index >= 15 is 0 Å². The molecular formula is C26H33FN4O4. The molecule has 8 nitrogen and oxygen atoms in total. The fourth-order valence-electron chi connectivity index (χ4n) is 4.53. The molecule has 1 fully saturated rings. The Balaban J connectivity index is 1.73. The van der Waals surface area contributed by atoms with E-state index < -0.39 is 17.5 Å². The van der Waals surface area contributed by atoms with Crippen LogP contribution in [0.2, 0.25) is 0 Å². The highest BCUT2D eigenvalue weighted by molar-refractivity contribution is 5.99. The number of fused-ring (bicyclic) bond motifs is 1. The minimum absolute atomic E-state index is 0.00914. The minimum Gasteiger partial charge on any atom is -0.461 e. The van der Waals surface area contributed by atoms with Gasteiger partial charge in [0.2, 0.25) is 6.36 Å². The molecule has 3 heterocycles. The molecule has 3 aromatic rings. The molecule has 188 valence electrons. The number of amides is 1. The summed E-state index contributed by atoms with van der Waals surface area (Å²) < 4.78 is 25.8. The highest BCUT2D eigenvalue weighted by atomic mass is 19.1. The number of ether oxygens (including phenoxy) is 2. The summed E-state index contributed by atoms with van der Waals surface area (Å²) >= 11 is 0. The molecule has 0 radical (unpaired) electrons. The standard InChI is InChI=1S/C26H33FN4O4/c1-16(2)31-21-14-19(24(32)29-26(25(4,5)33)9-11-34-12-10-26)15-28-23(21)22(30-31)18-7-6-8-20(13-18)35-17(3)27/h6-8,13-17,33H,9-12H2,1-5H3,(H,29,32). The normalized spacial score (nSPS) is 16.9. The summed E-state index contributed by atoms with van der Waals surface area (Å²) in [5, 5.41) is 18.7. The summed E-state index contributed by atoms with van der Waals surface area (Å²) in [4.78, 5) is 17.9. The predicted octanol–water partition coefficient (Wildman–Crippen LogP) is 4.42. The Bertz CT molecular complexity index is 1210. The number of pyridine rings is 1. The number of aromatic nitrogens is 3. The lowest BCUT2D eigenvalue weighted by Gasteiger charge is -2.46. The van der Waals surface area contributed by atoms with Gasteiger partial charge in [-0.25, -0.2) is 4.39 Å². The molecule has 0 saturated carbocycles. The van der Waals surface area contributed by atoms with Crippen molar-refractivity contribution in [2.75, 3.05) is 13.2 Å². The van der Waals surface area contributed by atoms with Crippen LogP contribution in [0.3, 0.4) is 0 Å². The highest BCUT2D eigenvalue weighted by Crippen LogP contribution is 2.34. The number of aliphatic hydroxyl groups is 1. The van der Waals surface area contributed by atoms with Crippen molar-refractivity contribution in [2.45, 2.75) is 71.0 Å². The topological polar surface area (TPSA) is 98.5 Å². The van der Waals surface area contributed by atoms with E-state index in [1.165, 1.54) is 13.1 Å². The van der Waals surface area contributed by atoms with E-state index in [0.29, 0.717) is 54.1 Å². The summed E-state index contributed by atoms with van der Waals surface area (Å²) in [5.74, 6) is 0.0861. The Hall–Kier alpha value is -3.04. The molecule has 1 aliphatic heterocycles. The number of rotatable bonds is 7. The number of hydrogen-bond donors (Lipinski definition) is 2. The zero-order chi connectivity index (χ0) is 25.4. The van der Waals surface area contributed by atoms with E-state index in [0.717, 1.165) is 5.56 Å². The number of carbonyl (C=O) groups excluding carboxylic acids is 1. The van der Waals surface area contributed by atoms with Crippen LogP contribution in [0.5, 0.6) is 5.75 Å². The van der Waals surface area contributed by atoms with E-state index in [1.54, 1.807) is 38.1 Å². The number of hydrogen-bond acceptors (Lipinski definition) is 6. The number of nitrogens with zero attached hydrogens (tertiary/aromatic N) is 3. The molecular weight excluding hydrogens is 451 g/mol. The van der Waals surface area contributed by atoms with Crippen molar-refractivity contribution in [3.05, 3.63) is 42.1 Å². The number of alkyl halides is 1. The molecule has 1 unspecified atom stereocenters. The van der Waals surface area contributed by atoms with Gasteiger partial charge in [-0.05, 0) is 58.7 Å². The molecule has 1 saturated heterocycles. The van der Waals surface area contributed by atoms with Gasteiger partial charge in [0.1, 0.15) is 17.0 Å². The molecule has 0 spiro atoms. The fourth-order valence-corrected chi connectivity index (χ4v) is 4.53. The van der Waals surface area contributed by atoms with Crippen molar-refractivity contribution < 1.29 is 23.8 Å². The first-order valence-corrected chi connectivity index (χ1v) is 11.9. The molecule has 4 rings (SSSR count). The smallest absolute Gasteiger partial charge is 0.253 e. The quantitative estimate of drug-likeness (QED) is 0.515. The third kappa shape index (κ3) is 5.01. The van der Waals surface area contributed by atoms with Gasteiger partial charge < -0.3 is 19.9 Å². The lowest BCUT2D eigenvalue weighted by molar-refractivity contribution is -0.0739. The molecule has 2 N–H and O–H groups in total. The van der Waals surface area contributed by atoms with Crippen LogP contribution in [0.1, 0.15) is 63.9 Å². The third-order valence-electron chi connectivity index (χ3n) is 6.57. The van der Waals surface area contributed by atoms with Crippen LogP contribution in [-0.2, 0) is 4.74 Å². The molecule has 1 aromatic carbocycles. The van der Waals surface area contributed by atoms with Gasteiger partial charge in [-0.1, -0.05) is 12.1 Å². The Morgan fingerprint density at radius 3 is 2.60 bits per heavy atom. The maximum Gasteiger partial charge on any atom is 0.253 e. The molecule has 35 heavy (non-hydrogen) atoms. The van der Waals surface area contributed by atoms with Crippen molar-refractivity contribution in [2.24, 2.45) is 0 Å². The zero-order valence-electron chi connectivity index (χ0n) is 20.8. The van der Waals surface area contributed by atoms with Gasteiger partial charge >= 0.3 is 0 Å². The molecule has 1 atom stereocenters. The number of carbonyl (C=O) groups is 1. The second-order valence-corrected chi connectivity index (χ2v) is 9.87. The average molecular weight is 485 g/mol. The van der Waals surface area contributed by atoms with Gasteiger partial charge in [0.15, 0.2) is 0 Å². The maximum absolute atomic E-state index is 13.4. The van der Waals surface area contributed by atoms with Gasteiger partial charge in [-0.2, -0.15) is 5.10 Å². The van der Waals surface area contributed by atoms with Crippen molar-refractivity contribution >= 4 is 16.9 Å². The molecule has 2 aromatic heterocycles. The zero-order valence-corrected chi connectivity index (χ0v) is 20.8. The highest BCUT2D eigenvalue weighted by Gasteiger charge is 2.46. The molecule has 1 amide bonds. The first kappa shape index (κ1) is 25.1. The first-order chi connectivity index (χ1) is 16.5. The number of halogens is 1. The van der Waals surface area contributed by atoms with Crippen molar-refractivity contribution in [1.82, 2.24) is 20.1 Å². The Kier molecular flexibility index (Phi) is 6.83. The van der Waals surface area contributed by atoms with Gasteiger partial charge in [0, 0.05) is 37.9 Å². The Morgan fingerprint density at radius 1 is 1.26 bits per heavy atom. The monoisotopic (exact) mass is 484 g/mol.